The van der Waals surface area contributed by atoms with Gasteiger partial charge < -0.3 is 14.7 Å². The van der Waals surface area contributed by atoms with Crippen LogP contribution in [0.1, 0.15) is 30.6 Å². The number of ether oxygens (including phenoxy) is 1. The van der Waals surface area contributed by atoms with Crippen LogP contribution in [0.5, 0.6) is 0 Å². The topological polar surface area (TPSA) is 32.7 Å². The summed E-state index contributed by atoms with van der Waals surface area (Å²) in [4.78, 5) is 3.59. The van der Waals surface area contributed by atoms with Crippen LogP contribution in [0.4, 0.5) is 0 Å². The van der Waals surface area contributed by atoms with E-state index >= 15 is 0 Å². The molecule has 0 saturated carbocycles. The molecule has 102 valence electrons. The van der Waals surface area contributed by atoms with Crippen molar-refractivity contribution in [1.29, 1.82) is 0 Å². The van der Waals surface area contributed by atoms with Crippen molar-refractivity contribution in [2.45, 2.75) is 38.4 Å². The van der Waals surface area contributed by atoms with E-state index in [0.717, 1.165) is 19.6 Å². The Bertz CT molecular complexity index is 308. The molecule has 1 aliphatic heterocycles. The van der Waals surface area contributed by atoms with E-state index in [4.69, 9.17) is 4.74 Å². The average molecular weight is 269 g/mol. The van der Waals surface area contributed by atoms with Crippen molar-refractivity contribution in [1.82, 2.24) is 4.90 Å². The fraction of sp³-hybridized carbons (Fsp3) is 0.714. The number of thiophene rings is 1. The number of hydrogen-bond acceptors (Lipinski definition) is 4. The van der Waals surface area contributed by atoms with Crippen molar-refractivity contribution in [3.05, 3.63) is 22.4 Å². The summed E-state index contributed by atoms with van der Waals surface area (Å²) in [5.74, 6) is 0. The van der Waals surface area contributed by atoms with Crippen LogP contribution >= 0.6 is 11.3 Å². The minimum Gasteiger partial charge on any atom is -0.389 e. The molecule has 0 aromatic carbocycles. The Balaban J connectivity index is 1.60. The van der Waals surface area contributed by atoms with Gasteiger partial charge in [0.1, 0.15) is 0 Å². The van der Waals surface area contributed by atoms with Gasteiger partial charge in [-0.2, -0.15) is 0 Å². The largest absolute Gasteiger partial charge is 0.389 e. The van der Waals surface area contributed by atoms with Gasteiger partial charge in [0.25, 0.3) is 0 Å². The molecular formula is C14H23NO2S. The first-order chi connectivity index (χ1) is 8.84. The van der Waals surface area contributed by atoms with Crippen molar-refractivity contribution < 1.29 is 9.84 Å². The SMILES string of the molecule is O[C@@H](COCc1cccs1)CN1CCCCCC1. The Morgan fingerprint density at radius 3 is 2.72 bits per heavy atom. The van der Waals surface area contributed by atoms with Gasteiger partial charge in [0, 0.05) is 11.4 Å². The molecule has 0 bridgehead atoms. The van der Waals surface area contributed by atoms with E-state index in [9.17, 15) is 5.11 Å². The number of nitrogens with zero attached hydrogens (tertiary/aromatic N) is 1. The molecule has 1 aromatic rings. The molecule has 0 unspecified atom stereocenters. The fourth-order valence-electron chi connectivity index (χ4n) is 2.36. The van der Waals surface area contributed by atoms with Crippen molar-refractivity contribution in [2.24, 2.45) is 0 Å². The Morgan fingerprint density at radius 2 is 2.06 bits per heavy atom. The van der Waals surface area contributed by atoms with Gasteiger partial charge in [-0.25, -0.2) is 0 Å². The molecule has 4 heteroatoms. The van der Waals surface area contributed by atoms with E-state index < -0.39 is 0 Å². The zero-order chi connectivity index (χ0) is 12.6. The quantitative estimate of drug-likeness (QED) is 0.861. The smallest absolute Gasteiger partial charge is 0.0900 e. The van der Waals surface area contributed by atoms with Crippen LogP contribution in [-0.2, 0) is 11.3 Å². The summed E-state index contributed by atoms with van der Waals surface area (Å²) in [6.07, 6.45) is 4.84. The number of aliphatic hydroxyl groups is 1. The summed E-state index contributed by atoms with van der Waals surface area (Å²) >= 11 is 1.70. The molecule has 1 aromatic heterocycles. The minimum atomic E-state index is -0.358. The zero-order valence-corrected chi connectivity index (χ0v) is 11.7. The standard InChI is InChI=1S/C14H23NO2S/c16-13(10-15-7-3-1-2-4-8-15)11-17-12-14-6-5-9-18-14/h5-6,9,13,16H,1-4,7-8,10-12H2/t13-/m1/s1. The number of β-amino-alcohol motifs (C(OH)–C–C–N with tert-alkyl or cyclic N) is 1. The van der Waals surface area contributed by atoms with E-state index in [-0.39, 0.29) is 6.10 Å². The lowest BCUT2D eigenvalue weighted by Gasteiger charge is -2.22. The maximum atomic E-state index is 9.96. The summed E-state index contributed by atoms with van der Waals surface area (Å²) in [5.41, 5.74) is 0. The number of rotatable bonds is 6. The summed E-state index contributed by atoms with van der Waals surface area (Å²) in [5, 5.41) is 12.0. The third-order valence-corrected chi connectivity index (χ3v) is 4.15. The molecule has 1 N–H and O–H groups in total. The van der Waals surface area contributed by atoms with Crippen molar-refractivity contribution in [2.75, 3.05) is 26.2 Å². The first-order valence-corrected chi connectivity index (χ1v) is 7.73. The van der Waals surface area contributed by atoms with E-state index in [1.165, 1.54) is 30.6 Å². The molecular weight excluding hydrogens is 246 g/mol. The Morgan fingerprint density at radius 1 is 1.28 bits per heavy atom. The number of aliphatic hydroxyl groups excluding tert-OH is 1. The summed E-state index contributed by atoms with van der Waals surface area (Å²) in [6, 6.07) is 4.09. The van der Waals surface area contributed by atoms with Crippen molar-refractivity contribution in [3.8, 4) is 0 Å². The molecule has 0 radical (unpaired) electrons. The molecule has 1 atom stereocenters. The van der Waals surface area contributed by atoms with Crippen LogP contribution in [0, 0.1) is 0 Å². The molecule has 0 amide bonds. The summed E-state index contributed by atoms with van der Waals surface area (Å²) in [6.45, 7) is 4.07. The molecule has 0 spiro atoms. The molecule has 1 aliphatic rings. The van der Waals surface area contributed by atoms with Gasteiger partial charge in [-0.3, -0.25) is 0 Å². The van der Waals surface area contributed by atoms with Crippen molar-refractivity contribution >= 4 is 11.3 Å². The highest BCUT2D eigenvalue weighted by Gasteiger charge is 2.13. The predicted molar refractivity (Wildman–Crippen MR) is 74.9 cm³/mol. The Kier molecular flexibility index (Phi) is 6.14. The maximum absolute atomic E-state index is 9.96. The lowest BCUT2D eigenvalue weighted by atomic mass is 10.2. The van der Waals surface area contributed by atoms with Gasteiger partial charge >= 0.3 is 0 Å². The molecule has 3 nitrogen and oxygen atoms in total. The molecule has 0 aliphatic carbocycles. The van der Waals surface area contributed by atoms with E-state index in [1.54, 1.807) is 11.3 Å². The Hall–Kier alpha value is -0.420. The minimum absolute atomic E-state index is 0.358. The molecule has 2 rings (SSSR count). The van der Waals surface area contributed by atoms with Gasteiger partial charge in [0.2, 0.25) is 0 Å². The number of likely N-dealkylation sites (tertiary alicyclic amines) is 1. The number of hydrogen-bond donors (Lipinski definition) is 1. The third kappa shape index (κ3) is 5.06. The van der Waals surface area contributed by atoms with Crippen LogP contribution in [-0.4, -0.2) is 42.4 Å². The van der Waals surface area contributed by atoms with Gasteiger partial charge in [-0.15, -0.1) is 11.3 Å². The maximum Gasteiger partial charge on any atom is 0.0900 e. The van der Waals surface area contributed by atoms with Crippen LogP contribution in [0.15, 0.2) is 17.5 Å². The second-order valence-electron chi connectivity index (χ2n) is 4.96. The van der Waals surface area contributed by atoms with E-state index in [0.29, 0.717) is 13.2 Å². The highest BCUT2D eigenvalue weighted by atomic mass is 32.1. The fourth-order valence-corrected chi connectivity index (χ4v) is 3.00. The summed E-state index contributed by atoms with van der Waals surface area (Å²) < 4.78 is 5.55. The van der Waals surface area contributed by atoms with Crippen LogP contribution in [0.3, 0.4) is 0 Å². The zero-order valence-electron chi connectivity index (χ0n) is 10.9. The van der Waals surface area contributed by atoms with Gasteiger partial charge in [0.15, 0.2) is 0 Å². The average Bonchev–Trinajstić information content (AvgIpc) is 2.74. The third-order valence-electron chi connectivity index (χ3n) is 3.30. The molecule has 2 heterocycles. The van der Waals surface area contributed by atoms with Crippen LogP contribution < -0.4 is 0 Å². The monoisotopic (exact) mass is 269 g/mol. The van der Waals surface area contributed by atoms with Gasteiger partial charge in [-0.05, 0) is 37.4 Å². The highest BCUT2D eigenvalue weighted by molar-refractivity contribution is 7.09. The van der Waals surface area contributed by atoms with E-state index in [2.05, 4.69) is 11.0 Å². The second kappa shape index (κ2) is 7.89. The predicted octanol–water partition coefficient (Wildman–Crippen LogP) is 2.50. The van der Waals surface area contributed by atoms with Crippen molar-refractivity contribution in [3.63, 3.8) is 0 Å². The van der Waals surface area contributed by atoms with Gasteiger partial charge in [-0.1, -0.05) is 18.9 Å². The van der Waals surface area contributed by atoms with Crippen LogP contribution in [0.25, 0.3) is 0 Å². The molecule has 18 heavy (non-hydrogen) atoms. The normalized spacial score (nSPS) is 19.6. The first kappa shape index (κ1) is 14.0. The first-order valence-electron chi connectivity index (χ1n) is 6.85. The summed E-state index contributed by atoms with van der Waals surface area (Å²) in [7, 11) is 0. The highest BCUT2D eigenvalue weighted by Crippen LogP contribution is 2.11. The lowest BCUT2D eigenvalue weighted by Crippen LogP contribution is -2.35. The van der Waals surface area contributed by atoms with E-state index in [1.807, 2.05) is 11.4 Å². The molecule has 1 fully saturated rings. The second-order valence-corrected chi connectivity index (χ2v) is 6.00. The van der Waals surface area contributed by atoms with Crippen LogP contribution in [0.2, 0.25) is 0 Å². The Labute approximate surface area is 113 Å². The van der Waals surface area contributed by atoms with Gasteiger partial charge in [0.05, 0.1) is 19.3 Å². The lowest BCUT2D eigenvalue weighted by molar-refractivity contribution is 0.0112. The molecule has 1 saturated heterocycles.